The van der Waals surface area contributed by atoms with Crippen LogP contribution in [0, 0.1) is 19.7 Å². The molecular formula is C30H27FN2O5. The quantitative estimate of drug-likeness (QED) is 0.178. The van der Waals surface area contributed by atoms with Gasteiger partial charge in [0.2, 0.25) is 11.7 Å². The van der Waals surface area contributed by atoms with E-state index in [-0.39, 0.29) is 17.2 Å². The van der Waals surface area contributed by atoms with Gasteiger partial charge in [0.05, 0.1) is 31.6 Å². The average Bonchev–Trinajstić information content (AvgIpc) is 2.88. The first-order valence-corrected chi connectivity index (χ1v) is 11.8. The van der Waals surface area contributed by atoms with Crippen LogP contribution in [-0.4, -0.2) is 31.1 Å². The number of benzene rings is 3. The van der Waals surface area contributed by atoms with Gasteiger partial charge in [-0.25, -0.2) is 4.39 Å². The predicted molar refractivity (Wildman–Crippen MR) is 145 cm³/mol. The highest BCUT2D eigenvalue weighted by Gasteiger charge is 2.18. The van der Waals surface area contributed by atoms with E-state index in [1.54, 1.807) is 36.4 Å². The van der Waals surface area contributed by atoms with Crippen molar-refractivity contribution in [2.45, 2.75) is 20.8 Å². The molecule has 0 aliphatic heterocycles. The molecule has 1 aromatic heterocycles. The normalized spacial score (nSPS) is 11.0. The van der Waals surface area contributed by atoms with Crippen LogP contribution in [0.3, 0.4) is 0 Å². The van der Waals surface area contributed by atoms with Crippen LogP contribution in [0.2, 0.25) is 0 Å². The topological polar surface area (TPSA) is 86.8 Å². The number of hydrogen-bond donors (Lipinski definition) is 1. The maximum atomic E-state index is 14.9. The van der Waals surface area contributed by atoms with Crippen molar-refractivity contribution in [3.05, 3.63) is 83.3 Å². The van der Waals surface area contributed by atoms with Crippen molar-refractivity contribution < 1.29 is 28.2 Å². The van der Waals surface area contributed by atoms with Gasteiger partial charge in [0.1, 0.15) is 5.82 Å². The van der Waals surface area contributed by atoms with Gasteiger partial charge >= 0.3 is 5.97 Å². The molecular weight excluding hydrogens is 487 g/mol. The zero-order chi connectivity index (χ0) is 27.4. The SMILES string of the molecule is COc1cc(C=CC(=O)Nc2cnc3c(C)cc(C)cc3c2-c2ccccc2F)cc(OC)c1OC(C)=O. The Bertz CT molecular complexity index is 1550. The molecule has 0 fully saturated rings. The van der Waals surface area contributed by atoms with Crippen LogP contribution in [0.4, 0.5) is 10.1 Å². The summed E-state index contributed by atoms with van der Waals surface area (Å²) in [5.41, 5.74) is 4.54. The largest absolute Gasteiger partial charge is 0.493 e. The minimum atomic E-state index is -0.524. The molecule has 7 nitrogen and oxygen atoms in total. The number of aryl methyl sites for hydroxylation is 2. The number of amides is 1. The molecule has 0 saturated carbocycles. The summed E-state index contributed by atoms with van der Waals surface area (Å²) in [4.78, 5) is 29.0. The second-order valence-electron chi connectivity index (χ2n) is 8.68. The van der Waals surface area contributed by atoms with E-state index in [1.165, 1.54) is 39.5 Å². The van der Waals surface area contributed by atoms with E-state index in [9.17, 15) is 14.0 Å². The number of ether oxygens (including phenoxy) is 3. The van der Waals surface area contributed by atoms with Gasteiger partial charge in [-0.1, -0.05) is 29.8 Å². The lowest BCUT2D eigenvalue weighted by atomic mass is 9.96. The fraction of sp³-hybridized carbons (Fsp3) is 0.167. The molecule has 0 atom stereocenters. The molecule has 0 aliphatic carbocycles. The standard InChI is InChI=1S/C30H27FN2O5/c1-17-12-18(2)29-22(13-17)28(21-8-6-7-9-23(21)31)24(16-32-29)33-27(35)11-10-20-14-25(36-4)30(38-19(3)34)26(15-20)37-5/h6-16H,1-5H3,(H,33,35). The minimum absolute atomic E-state index is 0.145. The van der Waals surface area contributed by atoms with Crippen LogP contribution in [-0.2, 0) is 9.59 Å². The highest BCUT2D eigenvalue weighted by Crippen LogP contribution is 2.40. The van der Waals surface area contributed by atoms with Crippen LogP contribution >= 0.6 is 0 Å². The lowest BCUT2D eigenvalue weighted by molar-refractivity contribution is -0.132. The van der Waals surface area contributed by atoms with E-state index in [2.05, 4.69) is 10.3 Å². The van der Waals surface area contributed by atoms with Crippen LogP contribution in [0.5, 0.6) is 17.2 Å². The third-order valence-electron chi connectivity index (χ3n) is 5.86. The summed E-state index contributed by atoms with van der Waals surface area (Å²) in [7, 11) is 2.87. The van der Waals surface area contributed by atoms with Gasteiger partial charge in [-0.15, -0.1) is 0 Å². The number of esters is 1. The fourth-order valence-electron chi connectivity index (χ4n) is 4.30. The van der Waals surface area contributed by atoms with Gasteiger partial charge in [0.15, 0.2) is 11.5 Å². The number of nitrogens with zero attached hydrogens (tertiary/aromatic N) is 1. The van der Waals surface area contributed by atoms with Crippen molar-refractivity contribution in [1.29, 1.82) is 0 Å². The van der Waals surface area contributed by atoms with E-state index < -0.39 is 17.7 Å². The summed E-state index contributed by atoms with van der Waals surface area (Å²) in [6.45, 7) is 5.18. The molecule has 38 heavy (non-hydrogen) atoms. The third kappa shape index (κ3) is 5.49. The molecule has 3 aromatic carbocycles. The highest BCUT2D eigenvalue weighted by molar-refractivity contribution is 6.09. The number of nitrogens with one attached hydrogen (secondary N) is 1. The van der Waals surface area contributed by atoms with E-state index in [0.717, 1.165) is 22.0 Å². The Labute approximate surface area is 219 Å². The van der Waals surface area contributed by atoms with Gasteiger partial charge in [-0.2, -0.15) is 0 Å². The zero-order valence-electron chi connectivity index (χ0n) is 21.7. The second kappa shape index (κ2) is 11.1. The Balaban J connectivity index is 1.72. The lowest BCUT2D eigenvalue weighted by Crippen LogP contribution is -2.10. The Morgan fingerprint density at radius 1 is 1.00 bits per heavy atom. The summed E-state index contributed by atoms with van der Waals surface area (Å²) in [6, 6.07) is 13.6. The number of carbonyl (C=O) groups is 2. The van der Waals surface area contributed by atoms with Crippen LogP contribution in [0.25, 0.3) is 28.1 Å². The average molecular weight is 515 g/mol. The fourth-order valence-corrected chi connectivity index (χ4v) is 4.30. The first-order valence-electron chi connectivity index (χ1n) is 11.8. The molecule has 0 unspecified atom stereocenters. The smallest absolute Gasteiger partial charge is 0.308 e. The number of rotatable bonds is 7. The molecule has 1 heterocycles. The van der Waals surface area contributed by atoms with Gasteiger partial charge < -0.3 is 19.5 Å². The van der Waals surface area contributed by atoms with Gasteiger partial charge in [-0.05, 0) is 55.3 Å². The summed E-state index contributed by atoms with van der Waals surface area (Å²) in [6.07, 6.45) is 4.43. The predicted octanol–water partition coefficient (Wildman–Crippen LogP) is 6.25. The molecule has 1 amide bonds. The monoisotopic (exact) mass is 514 g/mol. The summed E-state index contributed by atoms with van der Waals surface area (Å²) >= 11 is 0. The number of methoxy groups -OCH3 is 2. The van der Waals surface area contributed by atoms with Crippen molar-refractivity contribution in [3.8, 4) is 28.4 Å². The number of pyridine rings is 1. The Morgan fingerprint density at radius 2 is 1.68 bits per heavy atom. The Hall–Kier alpha value is -4.72. The number of anilines is 1. The molecule has 0 saturated heterocycles. The van der Waals surface area contributed by atoms with Crippen molar-refractivity contribution in [1.82, 2.24) is 4.98 Å². The second-order valence-corrected chi connectivity index (χ2v) is 8.68. The Kier molecular flexibility index (Phi) is 7.71. The summed E-state index contributed by atoms with van der Waals surface area (Å²) < 4.78 is 30.8. The van der Waals surface area contributed by atoms with Crippen molar-refractivity contribution >= 4 is 34.5 Å². The molecule has 0 aliphatic rings. The minimum Gasteiger partial charge on any atom is -0.493 e. The van der Waals surface area contributed by atoms with Crippen molar-refractivity contribution in [3.63, 3.8) is 0 Å². The van der Waals surface area contributed by atoms with Gasteiger partial charge in [0.25, 0.3) is 0 Å². The van der Waals surface area contributed by atoms with Crippen LogP contribution in [0.15, 0.2) is 60.8 Å². The van der Waals surface area contributed by atoms with Crippen LogP contribution in [0.1, 0.15) is 23.6 Å². The first-order chi connectivity index (χ1) is 18.2. The van der Waals surface area contributed by atoms with Crippen molar-refractivity contribution in [2.75, 3.05) is 19.5 Å². The molecule has 0 bridgehead atoms. The van der Waals surface area contributed by atoms with Gasteiger partial charge in [0, 0.05) is 29.5 Å². The molecule has 4 aromatic rings. The molecule has 0 radical (unpaired) electrons. The maximum absolute atomic E-state index is 14.9. The summed E-state index contributed by atoms with van der Waals surface area (Å²) in [5.74, 6) is -0.694. The van der Waals surface area contributed by atoms with Crippen molar-refractivity contribution in [2.24, 2.45) is 0 Å². The molecule has 194 valence electrons. The summed E-state index contributed by atoms with van der Waals surface area (Å²) in [5, 5.41) is 3.59. The van der Waals surface area contributed by atoms with E-state index in [0.29, 0.717) is 22.4 Å². The van der Waals surface area contributed by atoms with E-state index >= 15 is 0 Å². The third-order valence-corrected chi connectivity index (χ3v) is 5.86. The first kappa shape index (κ1) is 26.3. The number of fused-ring (bicyclic) bond motifs is 1. The Morgan fingerprint density at radius 3 is 2.32 bits per heavy atom. The highest BCUT2D eigenvalue weighted by atomic mass is 19.1. The lowest BCUT2D eigenvalue weighted by Gasteiger charge is -2.16. The molecule has 0 spiro atoms. The van der Waals surface area contributed by atoms with E-state index in [4.69, 9.17) is 14.2 Å². The number of halogens is 1. The van der Waals surface area contributed by atoms with Crippen LogP contribution < -0.4 is 19.5 Å². The number of hydrogen-bond acceptors (Lipinski definition) is 6. The number of carbonyl (C=O) groups excluding carboxylic acids is 2. The zero-order valence-corrected chi connectivity index (χ0v) is 21.7. The molecule has 8 heteroatoms. The van der Waals surface area contributed by atoms with E-state index in [1.807, 2.05) is 26.0 Å². The molecule has 1 N–H and O–H groups in total. The number of aromatic nitrogens is 1. The molecule has 4 rings (SSSR count). The maximum Gasteiger partial charge on any atom is 0.308 e. The van der Waals surface area contributed by atoms with Gasteiger partial charge in [-0.3, -0.25) is 14.6 Å².